The van der Waals surface area contributed by atoms with Gasteiger partial charge in [0.2, 0.25) is 0 Å². The van der Waals surface area contributed by atoms with E-state index in [0.29, 0.717) is 5.54 Å². The molecule has 1 aromatic rings. The highest BCUT2D eigenvalue weighted by Gasteiger charge is 2.46. The molecular weight excluding hydrogens is 222 g/mol. The Morgan fingerprint density at radius 1 is 1.28 bits per heavy atom. The Bertz CT molecular complexity index is 397. The van der Waals surface area contributed by atoms with Crippen LogP contribution in [-0.2, 0) is 6.54 Å². The average molecular weight is 245 g/mol. The highest BCUT2D eigenvalue weighted by Crippen LogP contribution is 2.36. The van der Waals surface area contributed by atoms with Gasteiger partial charge in [-0.25, -0.2) is 0 Å². The quantitative estimate of drug-likeness (QED) is 0.796. The largest absolute Gasteiger partial charge is 0.295 e. The van der Waals surface area contributed by atoms with Crippen molar-refractivity contribution in [3.63, 3.8) is 0 Å². The summed E-state index contributed by atoms with van der Waals surface area (Å²) in [6.07, 6.45) is 5.23. The molecular formula is C15H23N3. The number of piperidine rings is 1. The molecule has 0 aromatic carbocycles. The Morgan fingerprint density at radius 2 is 2.00 bits per heavy atom. The van der Waals surface area contributed by atoms with Crippen molar-refractivity contribution in [3.8, 4) is 0 Å². The molecule has 0 amide bonds. The summed E-state index contributed by atoms with van der Waals surface area (Å²) >= 11 is 0. The van der Waals surface area contributed by atoms with E-state index in [-0.39, 0.29) is 0 Å². The molecule has 98 valence electrons. The van der Waals surface area contributed by atoms with Crippen molar-refractivity contribution < 1.29 is 0 Å². The van der Waals surface area contributed by atoms with E-state index in [9.17, 15) is 0 Å². The predicted molar refractivity (Wildman–Crippen MR) is 73.3 cm³/mol. The third kappa shape index (κ3) is 2.17. The lowest BCUT2D eigenvalue weighted by molar-refractivity contribution is -0.0997. The van der Waals surface area contributed by atoms with E-state index in [1.165, 1.54) is 25.1 Å². The predicted octanol–water partition coefficient (Wildman–Crippen LogP) is 2.14. The smallest absolute Gasteiger partial charge is 0.0312 e. The van der Waals surface area contributed by atoms with Crippen LogP contribution in [0.25, 0.3) is 0 Å². The van der Waals surface area contributed by atoms with Gasteiger partial charge in [-0.1, -0.05) is 6.07 Å². The van der Waals surface area contributed by atoms with E-state index in [0.717, 1.165) is 18.6 Å². The fraction of sp³-hybridized carbons (Fsp3) is 0.667. The summed E-state index contributed by atoms with van der Waals surface area (Å²) in [6, 6.07) is 5.72. The van der Waals surface area contributed by atoms with Gasteiger partial charge in [0.1, 0.15) is 0 Å². The lowest BCUT2D eigenvalue weighted by Crippen LogP contribution is -2.70. The van der Waals surface area contributed by atoms with Crippen LogP contribution in [0.5, 0.6) is 0 Å². The number of rotatable bonds is 2. The monoisotopic (exact) mass is 245 g/mol. The van der Waals surface area contributed by atoms with Gasteiger partial charge in [0.15, 0.2) is 0 Å². The Hall–Kier alpha value is -0.930. The van der Waals surface area contributed by atoms with Crippen molar-refractivity contribution in [1.29, 1.82) is 0 Å². The summed E-state index contributed by atoms with van der Waals surface area (Å²) in [4.78, 5) is 9.49. The summed E-state index contributed by atoms with van der Waals surface area (Å²) in [5.74, 6) is 0. The summed E-state index contributed by atoms with van der Waals surface area (Å²) < 4.78 is 0. The molecule has 0 aliphatic carbocycles. The zero-order chi connectivity index (χ0) is 12.8. The lowest BCUT2D eigenvalue weighted by Gasteiger charge is -2.59. The van der Waals surface area contributed by atoms with Crippen LogP contribution >= 0.6 is 0 Å². The maximum atomic E-state index is 4.21. The molecule has 1 aromatic heterocycles. The van der Waals surface area contributed by atoms with E-state index in [4.69, 9.17) is 0 Å². The maximum Gasteiger partial charge on any atom is 0.0312 e. The van der Waals surface area contributed by atoms with Crippen molar-refractivity contribution in [3.05, 3.63) is 30.1 Å². The lowest BCUT2D eigenvalue weighted by atomic mass is 9.84. The van der Waals surface area contributed by atoms with E-state index in [2.05, 4.69) is 41.6 Å². The van der Waals surface area contributed by atoms with Gasteiger partial charge in [-0.3, -0.25) is 14.8 Å². The van der Waals surface area contributed by atoms with Crippen molar-refractivity contribution in [1.82, 2.24) is 14.8 Å². The Balaban J connectivity index is 1.63. The van der Waals surface area contributed by atoms with E-state index >= 15 is 0 Å². The molecule has 3 aliphatic heterocycles. The second-order valence-electron chi connectivity index (χ2n) is 6.65. The molecule has 2 bridgehead atoms. The molecule has 4 heterocycles. The SMILES string of the molecule is CC(C)(C)N1CC2CC(C1)N2Cc1cccnc1. The molecule has 3 saturated heterocycles. The zero-order valence-corrected chi connectivity index (χ0v) is 11.6. The topological polar surface area (TPSA) is 19.4 Å². The first-order valence-electron chi connectivity index (χ1n) is 6.94. The minimum Gasteiger partial charge on any atom is -0.295 e. The molecule has 0 N–H and O–H groups in total. The van der Waals surface area contributed by atoms with Gasteiger partial charge in [0.25, 0.3) is 0 Å². The third-order valence-corrected chi connectivity index (χ3v) is 4.38. The molecule has 2 atom stereocenters. The number of fused-ring (bicyclic) bond motifs is 2. The molecule has 4 rings (SSSR count). The van der Waals surface area contributed by atoms with Crippen LogP contribution < -0.4 is 0 Å². The van der Waals surface area contributed by atoms with Crippen LogP contribution in [0, 0.1) is 0 Å². The zero-order valence-electron chi connectivity index (χ0n) is 11.6. The van der Waals surface area contributed by atoms with Crippen molar-refractivity contribution in [2.45, 2.75) is 51.4 Å². The molecule has 0 spiro atoms. The molecule has 3 nitrogen and oxygen atoms in total. The van der Waals surface area contributed by atoms with Gasteiger partial charge in [-0.15, -0.1) is 0 Å². The van der Waals surface area contributed by atoms with E-state index < -0.39 is 0 Å². The summed E-state index contributed by atoms with van der Waals surface area (Å²) in [5, 5.41) is 0. The van der Waals surface area contributed by atoms with Crippen molar-refractivity contribution in [2.75, 3.05) is 13.1 Å². The minimum atomic E-state index is 0.317. The van der Waals surface area contributed by atoms with E-state index in [1.807, 2.05) is 18.5 Å². The summed E-state index contributed by atoms with van der Waals surface area (Å²) in [6.45, 7) is 10.5. The second kappa shape index (κ2) is 4.32. The number of pyridine rings is 1. The first-order valence-corrected chi connectivity index (χ1v) is 6.94. The number of hydrogen-bond acceptors (Lipinski definition) is 3. The van der Waals surface area contributed by atoms with Gasteiger partial charge < -0.3 is 0 Å². The van der Waals surface area contributed by atoms with Gasteiger partial charge in [-0.2, -0.15) is 0 Å². The summed E-state index contributed by atoms with van der Waals surface area (Å²) in [5.41, 5.74) is 1.66. The van der Waals surface area contributed by atoms with Crippen LogP contribution in [0.3, 0.4) is 0 Å². The van der Waals surface area contributed by atoms with Crippen LogP contribution in [-0.4, -0.2) is 45.5 Å². The van der Waals surface area contributed by atoms with Crippen LogP contribution in [0.4, 0.5) is 0 Å². The number of nitrogens with zero attached hydrogens (tertiary/aromatic N) is 3. The van der Waals surface area contributed by atoms with Gasteiger partial charge in [0, 0.05) is 49.7 Å². The first kappa shape index (κ1) is 12.1. The highest BCUT2D eigenvalue weighted by molar-refractivity contribution is 5.12. The Morgan fingerprint density at radius 3 is 2.56 bits per heavy atom. The number of piperazine rings is 1. The Kier molecular flexibility index (Phi) is 2.91. The van der Waals surface area contributed by atoms with E-state index in [1.54, 1.807) is 0 Å². The third-order valence-electron chi connectivity index (χ3n) is 4.38. The van der Waals surface area contributed by atoms with Crippen LogP contribution in [0.1, 0.15) is 32.8 Å². The molecule has 3 heteroatoms. The molecule has 0 saturated carbocycles. The fourth-order valence-corrected chi connectivity index (χ4v) is 3.20. The van der Waals surface area contributed by atoms with Crippen LogP contribution in [0.15, 0.2) is 24.5 Å². The molecule has 2 unspecified atom stereocenters. The summed E-state index contributed by atoms with van der Waals surface area (Å²) in [7, 11) is 0. The molecule has 3 fully saturated rings. The number of hydrogen-bond donors (Lipinski definition) is 0. The van der Waals surface area contributed by atoms with Crippen molar-refractivity contribution in [2.24, 2.45) is 0 Å². The molecule has 3 aliphatic rings. The average Bonchev–Trinajstić information content (AvgIpc) is 2.36. The van der Waals surface area contributed by atoms with Gasteiger partial charge >= 0.3 is 0 Å². The van der Waals surface area contributed by atoms with Gasteiger partial charge in [-0.05, 0) is 38.8 Å². The minimum absolute atomic E-state index is 0.317. The normalized spacial score (nSPS) is 29.1. The van der Waals surface area contributed by atoms with Gasteiger partial charge in [0.05, 0.1) is 0 Å². The molecule has 0 radical (unpaired) electrons. The van der Waals surface area contributed by atoms with Crippen molar-refractivity contribution >= 4 is 0 Å². The Labute approximate surface area is 110 Å². The van der Waals surface area contributed by atoms with Crippen LogP contribution in [0.2, 0.25) is 0 Å². The number of aromatic nitrogens is 1. The fourth-order valence-electron chi connectivity index (χ4n) is 3.20. The maximum absolute atomic E-state index is 4.21. The second-order valence-corrected chi connectivity index (χ2v) is 6.65. The standard InChI is InChI=1S/C15H23N3/c1-15(2,3)17-10-13-7-14(11-17)18(13)9-12-5-4-6-16-8-12/h4-6,8,13-14H,7,9-11H2,1-3H3. The highest BCUT2D eigenvalue weighted by atomic mass is 15.4. The molecule has 18 heavy (non-hydrogen) atoms. The first-order chi connectivity index (χ1) is 8.54.